The topological polar surface area (TPSA) is 65.5 Å². The van der Waals surface area contributed by atoms with Gasteiger partial charge in [-0.3, -0.25) is 9.78 Å². The van der Waals surface area contributed by atoms with Crippen LogP contribution in [0.3, 0.4) is 0 Å². The summed E-state index contributed by atoms with van der Waals surface area (Å²) < 4.78 is 13.0. The number of nitrogens with one attached hydrogen (secondary N) is 1. The van der Waals surface area contributed by atoms with Crippen LogP contribution in [-0.2, 0) is 11.3 Å². The summed E-state index contributed by atoms with van der Waals surface area (Å²) in [6.45, 7) is 1.44. The van der Waals surface area contributed by atoms with Crippen LogP contribution < -0.4 is 5.32 Å². The van der Waals surface area contributed by atoms with E-state index in [1.165, 1.54) is 12.1 Å². The highest BCUT2D eigenvalue weighted by Gasteiger charge is 2.64. The van der Waals surface area contributed by atoms with Crippen molar-refractivity contribution < 1.29 is 14.0 Å². The van der Waals surface area contributed by atoms with Crippen LogP contribution in [0.2, 0.25) is 0 Å². The summed E-state index contributed by atoms with van der Waals surface area (Å²) >= 11 is 0. The van der Waals surface area contributed by atoms with Crippen molar-refractivity contribution in [2.75, 3.05) is 13.1 Å². The van der Waals surface area contributed by atoms with E-state index in [1.54, 1.807) is 23.2 Å². The van der Waals surface area contributed by atoms with E-state index in [9.17, 15) is 14.0 Å². The van der Waals surface area contributed by atoms with E-state index in [1.807, 2.05) is 23.1 Å². The van der Waals surface area contributed by atoms with Gasteiger partial charge in [-0.15, -0.1) is 0 Å². The van der Waals surface area contributed by atoms with Crippen molar-refractivity contribution in [3.8, 4) is 0 Å². The molecule has 6 nitrogen and oxygen atoms in total. The highest BCUT2D eigenvalue weighted by molar-refractivity contribution is 5.91. The van der Waals surface area contributed by atoms with E-state index in [0.717, 1.165) is 24.1 Å². The Kier molecular flexibility index (Phi) is 4.68. The fourth-order valence-corrected chi connectivity index (χ4v) is 4.87. The van der Waals surface area contributed by atoms with Crippen molar-refractivity contribution in [2.24, 2.45) is 5.41 Å². The first-order valence-electron chi connectivity index (χ1n) is 10.6. The lowest BCUT2D eigenvalue weighted by atomic mass is 9.63. The molecular formula is C23H25FN4O2. The van der Waals surface area contributed by atoms with Gasteiger partial charge >= 0.3 is 6.03 Å². The number of carbonyl (C=O) groups is 2. The first-order valence-corrected chi connectivity index (χ1v) is 10.6. The van der Waals surface area contributed by atoms with Crippen LogP contribution in [0.4, 0.5) is 9.18 Å². The molecule has 2 aliphatic heterocycles. The van der Waals surface area contributed by atoms with Crippen molar-refractivity contribution >= 4 is 11.9 Å². The number of carbonyl (C=O) groups excluding carboxylic acids is 2. The second-order valence-electron chi connectivity index (χ2n) is 8.53. The Morgan fingerprint density at radius 1 is 1.13 bits per heavy atom. The molecular weight excluding hydrogens is 383 g/mol. The van der Waals surface area contributed by atoms with Crippen LogP contribution in [0.25, 0.3) is 0 Å². The normalized spacial score (nSPS) is 22.7. The number of amides is 3. The van der Waals surface area contributed by atoms with Gasteiger partial charge in [0.1, 0.15) is 5.82 Å². The van der Waals surface area contributed by atoms with E-state index in [2.05, 4.69) is 10.3 Å². The number of nitrogens with zero attached hydrogens (tertiary/aromatic N) is 3. The number of rotatable bonds is 4. The second kappa shape index (κ2) is 7.38. The van der Waals surface area contributed by atoms with Gasteiger partial charge in [0.05, 0.1) is 17.2 Å². The van der Waals surface area contributed by atoms with E-state index in [4.69, 9.17) is 0 Å². The molecule has 1 aliphatic carbocycles. The highest BCUT2D eigenvalue weighted by atomic mass is 19.1. The molecule has 3 aliphatic rings. The van der Waals surface area contributed by atoms with Crippen molar-refractivity contribution in [3.63, 3.8) is 0 Å². The maximum Gasteiger partial charge on any atom is 0.317 e. The largest absolute Gasteiger partial charge is 0.334 e. The minimum atomic E-state index is -0.440. The van der Waals surface area contributed by atoms with Gasteiger partial charge in [0, 0.05) is 31.9 Å². The number of β-lactam (4-membered cyclic amide) rings is 1. The van der Waals surface area contributed by atoms with Crippen molar-refractivity contribution in [2.45, 2.75) is 44.3 Å². The Morgan fingerprint density at radius 2 is 1.87 bits per heavy atom. The zero-order valence-electron chi connectivity index (χ0n) is 16.8. The quantitative estimate of drug-likeness (QED) is 0.790. The van der Waals surface area contributed by atoms with Gasteiger partial charge in [0.25, 0.3) is 0 Å². The lowest BCUT2D eigenvalue weighted by Gasteiger charge is -2.58. The molecule has 1 aromatic carbocycles. The van der Waals surface area contributed by atoms with Gasteiger partial charge in [0.2, 0.25) is 5.91 Å². The van der Waals surface area contributed by atoms with Crippen LogP contribution in [0.1, 0.15) is 43.0 Å². The summed E-state index contributed by atoms with van der Waals surface area (Å²) in [6, 6.07) is 12.2. The fraction of sp³-hybridized carbons (Fsp3) is 0.435. The van der Waals surface area contributed by atoms with E-state index >= 15 is 0 Å². The lowest BCUT2D eigenvalue weighted by molar-refractivity contribution is -0.181. The molecule has 2 aromatic rings. The van der Waals surface area contributed by atoms with Gasteiger partial charge in [-0.25, -0.2) is 9.18 Å². The molecule has 0 bridgehead atoms. The monoisotopic (exact) mass is 408 g/mol. The Labute approximate surface area is 175 Å². The SMILES string of the molecule is O=C(NCc1ccc(F)cc1)N1CCC2(CC1)C(=O)N(C1CC1)C2c1ccccn1. The summed E-state index contributed by atoms with van der Waals surface area (Å²) in [5, 5.41) is 2.90. The lowest BCUT2D eigenvalue weighted by Crippen LogP contribution is -2.67. The maximum absolute atomic E-state index is 13.2. The Morgan fingerprint density at radius 3 is 2.50 bits per heavy atom. The number of likely N-dealkylation sites (tertiary alicyclic amines) is 2. The third-order valence-electron chi connectivity index (χ3n) is 6.67. The second-order valence-corrected chi connectivity index (χ2v) is 8.53. The number of piperidine rings is 1. The number of aromatic nitrogens is 1. The minimum absolute atomic E-state index is 0.0168. The molecule has 3 fully saturated rings. The van der Waals surface area contributed by atoms with Crippen molar-refractivity contribution in [3.05, 3.63) is 65.7 Å². The van der Waals surface area contributed by atoms with Gasteiger partial charge in [0.15, 0.2) is 0 Å². The van der Waals surface area contributed by atoms with E-state index in [0.29, 0.717) is 38.5 Å². The van der Waals surface area contributed by atoms with Crippen LogP contribution >= 0.6 is 0 Å². The zero-order chi connectivity index (χ0) is 20.7. The number of urea groups is 1. The van der Waals surface area contributed by atoms with Crippen molar-refractivity contribution in [1.29, 1.82) is 0 Å². The predicted octanol–water partition coefficient (Wildman–Crippen LogP) is 3.26. The molecule has 1 saturated carbocycles. The number of hydrogen-bond acceptors (Lipinski definition) is 3. The molecule has 7 heteroatoms. The highest BCUT2D eigenvalue weighted by Crippen LogP contribution is 2.58. The number of halogens is 1. The molecule has 0 radical (unpaired) electrons. The third-order valence-corrected chi connectivity index (χ3v) is 6.67. The molecule has 30 heavy (non-hydrogen) atoms. The standard InChI is InChI=1S/C23H25FN4O2/c24-17-6-4-16(5-7-17)15-26-22(30)27-13-10-23(11-14-27)20(19-3-1-2-12-25-19)28(21(23)29)18-8-9-18/h1-7,12,18,20H,8-11,13-15H2,(H,26,30). The number of benzene rings is 1. The average molecular weight is 408 g/mol. The third kappa shape index (κ3) is 3.22. The summed E-state index contributed by atoms with van der Waals surface area (Å²) in [5.41, 5.74) is 1.37. The van der Waals surface area contributed by atoms with Gasteiger partial charge in [-0.2, -0.15) is 0 Å². The molecule has 2 saturated heterocycles. The fourth-order valence-electron chi connectivity index (χ4n) is 4.87. The average Bonchev–Trinajstić information content (AvgIpc) is 3.62. The molecule has 156 valence electrons. The van der Waals surface area contributed by atoms with Crippen LogP contribution in [0.5, 0.6) is 0 Å². The van der Waals surface area contributed by atoms with Gasteiger partial charge < -0.3 is 15.1 Å². The number of hydrogen-bond donors (Lipinski definition) is 1. The smallest absolute Gasteiger partial charge is 0.317 e. The molecule has 3 amide bonds. The molecule has 1 spiro atoms. The van der Waals surface area contributed by atoms with Crippen molar-refractivity contribution in [1.82, 2.24) is 20.1 Å². The van der Waals surface area contributed by atoms with Crippen LogP contribution in [0, 0.1) is 11.2 Å². The molecule has 5 rings (SSSR count). The predicted molar refractivity (Wildman–Crippen MR) is 109 cm³/mol. The van der Waals surface area contributed by atoms with Crippen LogP contribution in [-0.4, -0.2) is 45.9 Å². The van der Waals surface area contributed by atoms with Gasteiger partial charge in [-0.1, -0.05) is 18.2 Å². The number of pyridine rings is 1. The first kappa shape index (κ1) is 19.0. The summed E-state index contributed by atoms with van der Waals surface area (Å²) in [4.78, 5) is 34.1. The minimum Gasteiger partial charge on any atom is -0.334 e. The molecule has 1 atom stereocenters. The molecule has 1 aromatic heterocycles. The summed E-state index contributed by atoms with van der Waals surface area (Å²) in [6.07, 6.45) is 5.24. The Bertz CT molecular complexity index is 937. The van der Waals surface area contributed by atoms with E-state index in [-0.39, 0.29) is 23.8 Å². The molecule has 3 heterocycles. The van der Waals surface area contributed by atoms with E-state index < -0.39 is 5.41 Å². The van der Waals surface area contributed by atoms with Gasteiger partial charge in [-0.05, 0) is 55.5 Å². The summed E-state index contributed by atoms with van der Waals surface area (Å²) in [7, 11) is 0. The zero-order valence-corrected chi connectivity index (χ0v) is 16.8. The Hall–Kier alpha value is -2.96. The first-order chi connectivity index (χ1) is 14.6. The maximum atomic E-state index is 13.2. The van der Waals surface area contributed by atoms with Crippen LogP contribution in [0.15, 0.2) is 48.7 Å². The summed E-state index contributed by atoms with van der Waals surface area (Å²) in [5.74, 6) is -0.0636. The Balaban J connectivity index is 1.24. The molecule has 1 N–H and O–H groups in total. The molecule has 1 unspecified atom stereocenters.